The van der Waals surface area contributed by atoms with Gasteiger partial charge in [0.25, 0.3) is 0 Å². The van der Waals surface area contributed by atoms with Gasteiger partial charge in [0.15, 0.2) is 5.96 Å². The summed E-state index contributed by atoms with van der Waals surface area (Å²) in [4.78, 5) is 4.51. The third-order valence-corrected chi connectivity index (χ3v) is 2.99. The number of hydrogen-bond donors (Lipinski definition) is 2. The molecule has 0 atom stereocenters. The lowest BCUT2D eigenvalue weighted by Gasteiger charge is -2.13. The van der Waals surface area contributed by atoms with E-state index < -0.39 is 0 Å². The molecular weight excluding hydrogens is 391 g/mol. The maximum atomic E-state index is 4.51. The summed E-state index contributed by atoms with van der Waals surface area (Å²) in [5.41, 5.74) is 1.05. The van der Waals surface area contributed by atoms with Gasteiger partial charge in [-0.2, -0.15) is 0 Å². The number of guanidine groups is 1. The van der Waals surface area contributed by atoms with Gasteiger partial charge in [0, 0.05) is 26.1 Å². The van der Waals surface area contributed by atoms with Crippen molar-refractivity contribution in [2.24, 2.45) is 4.99 Å². The van der Waals surface area contributed by atoms with Crippen LogP contribution >= 0.6 is 24.0 Å². The summed E-state index contributed by atoms with van der Waals surface area (Å²) in [5.74, 6) is 1.86. The Morgan fingerprint density at radius 1 is 1.32 bits per heavy atom. The summed E-state index contributed by atoms with van der Waals surface area (Å²) in [6.45, 7) is 13.3. The molecule has 0 fully saturated rings. The van der Waals surface area contributed by atoms with Crippen LogP contribution < -0.4 is 10.6 Å². The molecule has 0 aromatic carbocycles. The Hall–Kier alpha value is -1.12. The molecule has 0 saturated heterocycles. The predicted molar refractivity (Wildman–Crippen MR) is 103 cm³/mol. The smallest absolute Gasteiger partial charge is 0.191 e. The zero-order valence-corrected chi connectivity index (χ0v) is 16.3. The van der Waals surface area contributed by atoms with E-state index >= 15 is 0 Å². The van der Waals surface area contributed by atoms with Crippen molar-refractivity contribution < 1.29 is 0 Å². The molecule has 1 aromatic heterocycles. The quantitative estimate of drug-likeness (QED) is 0.212. The van der Waals surface area contributed by atoms with E-state index in [1.807, 2.05) is 6.92 Å². The van der Waals surface area contributed by atoms with E-state index in [1.165, 1.54) is 6.42 Å². The fourth-order valence-corrected chi connectivity index (χ4v) is 1.81. The third kappa shape index (κ3) is 8.35. The molecule has 2 N–H and O–H groups in total. The number of unbranched alkanes of at least 4 members (excludes halogenated alkanes) is 1. The standard InChI is InChI=1S/C15H28N6.HI/c1-5-7-8-16-15(18-11-13(3)4)17-9-10-21-12-19-20-14(21)6-2;/h12H,3,5-11H2,1-2,4H3,(H2,16,17,18);1H. The van der Waals surface area contributed by atoms with Gasteiger partial charge < -0.3 is 15.2 Å². The molecule has 1 rings (SSSR count). The van der Waals surface area contributed by atoms with E-state index in [9.17, 15) is 0 Å². The van der Waals surface area contributed by atoms with E-state index in [4.69, 9.17) is 0 Å². The molecule has 0 aliphatic carbocycles. The van der Waals surface area contributed by atoms with Crippen molar-refractivity contribution in [3.63, 3.8) is 0 Å². The Kier molecular flexibility index (Phi) is 11.8. The molecule has 126 valence electrons. The van der Waals surface area contributed by atoms with Crippen molar-refractivity contribution >= 4 is 29.9 Å². The van der Waals surface area contributed by atoms with Crippen LogP contribution in [-0.4, -0.2) is 40.4 Å². The first kappa shape index (κ1) is 20.9. The van der Waals surface area contributed by atoms with Crippen LogP contribution in [0.2, 0.25) is 0 Å². The Bertz CT molecular complexity index is 455. The summed E-state index contributed by atoms with van der Waals surface area (Å²) < 4.78 is 2.06. The van der Waals surface area contributed by atoms with Gasteiger partial charge in [0.05, 0.1) is 6.54 Å². The van der Waals surface area contributed by atoms with Crippen LogP contribution in [0.4, 0.5) is 0 Å². The van der Waals surface area contributed by atoms with Crippen molar-refractivity contribution in [1.29, 1.82) is 0 Å². The van der Waals surface area contributed by atoms with Crippen LogP contribution in [0.1, 0.15) is 39.4 Å². The number of halogens is 1. The van der Waals surface area contributed by atoms with Gasteiger partial charge in [0.1, 0.15) is 12.2 Å². The topological polar surface area (TPSA) is 67.1 Å². The highest BCUT2D eigenvalue weighted by Crippen LogP contribution is 1.95. The molecule has 0 aliphatic heterocycles. The zero-order valence-electron chi connectivity index (χ0n) is 13.9. The lowest BCUT2D eigenvalue weighted by atomic mass is 10.3. The van der Waals surface area contributed by atoms with Crippen LogP contribution in [0.15, 0.2) is 23.5 Å². The molecule has 0 amide bonds. The third-order valence-electron chi connectivity index (χ3n) is 2.99. The van der Waals surface area contributed by atoms with E-state index in [2.05, 4.69) is 50.8 Å². The fourth-order valence-electron chi connectivity index (χ4n) is 1.81. The first-order chi connectivity index (χ1) is 10.2. The molecule has 6 nitrogen and oxygen atoms in total. The van der Waals surface area contributed by atoms with Gasteiger partial charge in [-0.25, -0.2) is 4.99 Å². The van der Waals surface area contributed by atoms with Gasteiger partial charge in [-0.05, 0) is 13.3 Å². The number of rotatable bonds is 9. The predicted octanol–water partition coefficient (Wildman–Crippen LogP) is 2.37. The van der Waals surface area contributed by atoms with Crippen LogP contribution in [0, 0.1) is 0 Å². The van der Waals surface area contributed by atoms with Gasteiger partial charge in [-0.3, -0.25) is 0 Å². The molecule has 0 unspecified atom stereocenters. The Morgan fingerprint density at radius 3 is 2.68 bits per heavy atom. The van der Waals surface area contributed by atoms with Gasteiger partial charge in [0.2, 0.25) is 0 Å². The second-order valence-electron chi connectivity index (χ2n) is 5.12. The van der Waals surface area contributed by atoms with Gasteiger partial charge in [-0.15, -0.1) is 34.2 Å². The normalized spacial score (nSPS) is 11.0. The molecule has 0 saturated carbocycles. The average Bonchev–Trinajstić information content (AvgIpc) is 2.91. The number of nitrogens with one attached hydrogen (secondary N) is 2. The molecular formula is C15H29IN6. The largest absolute Gasteiger partial charge is 0.356 e. The van der Waals surface area contributed by atoms with Crippen molar-refractivity contribution in [1.82, 2.24) is 25.4 Å². The Morgan fingerprint density at radius 2 is 2.05 bits per heavy atom. The van der Waals surface area contributed by atoms with Crippen molar-refractivity contribution in [3.8, 4) is 0 Å². The highest BCUT2D eigenvalue weighted by atomic mass is 127. The maximum Gasteiger partial charge on any atom is 0.191 e. The van der Waals surface area contributed by atoms with Gasteiger partial charge in [-0.1, -0.05) is 32.4 Å². The van der Waals surface area contributed by atoms with Crippen molar-refractivity contribution in [2.75, 3.05) is 19.6 Å². The summed E-state index contributed by atoms with van der Waals surface area (Å²) in [6.07, 6.45) is 4.97. The molecule has 1 heterocycles. The number of hydrogen-bond acceptors (Lipinski definition) is 3. The van der Waals surface area contributed by atoms with Gasteiger partial charge >= 0.3 is 0 Å². The SMILES string of the molecule is C=C(C)CN=C(NCCCC)NCCn1cnnc1CC.I. The summed E-state index contributed by atoms with van der Waals surface area (Å²) >= 11 is 0. The van der Waals surface area contributed by atoms with Crippen LogP contribution in [-0.2, 0) is 13.0 Å². The summed E-state index contributed by atoms with van der Waals surface area (Å²) in [5, 5.41) is 14.7. The van der Waals surface area contributed by atoms with Crippen LogP contribution in [0.3, 0.4) is 0 Å². The Balaban J connectivity index is 0.00000441. The minimum Gasteiger partial charge on any atom is -0.356 e. The first-order valence-corrected chi connectivity index (χ1v) is 7.70. The number of aryl methyl sites for hydroxylation is 1. The average molecular weight is 420 g/mol. The lowest BCUT2D eigenvalue weighted by molar-refractivity contribution is 0.629. The van der Waals surface area contributed by atoms with E-state index in [0.29, 0.717) is 6.54 Å². The summed E-state index contributed by atoms with van der Waals surface area (Å²) in [7, 11) is 0. The highest BCUT2D eigenvalue weighted by Gasteiger charge is 2.02. The second kappa shape index (κ2) is 12.4. The van der Waals surface area contributed by atoms with E-state index in [1.54, 1.807) is 6.33 Å². The first-order valence-electron chi connectivity index (χ1n) is 7.70. The number of nitrogens with zero attached hydrogens (tertiary/aromatic N) is 4. The minimum atomic E-state index is 0. The molecule has 22 heavy (non-hydrogen) atoms. The molecule has 0 spiro atoms. The number of aliphatic imine (C=N–C) groups is 1. The molecule has 0 bridgehead atoms. The Labute approximate surface area is 150 Å². The number of aromatic nitrogens is 3. The second-order valence-corrected chi connectivity index (χ2v) is 5.12. The molecule has 7 heteroatoms. The monoisotopic (exact) mass is 420 g/mol. The lowest BCUT2D eigenvalue weighted by Crippen LogP contribution is -2.39. The highest BCUT2D eigenvalue weighted by molar-refractivity contribution is 14.0. The summed E-state index contributed by atoms with van der Waals surface area (Å²) in [6, 6.07) is 0. The fraction of sp³-hybridized carbons (Fsp3) is 0.667. The van der Waals surface area contributed by atoms with E-state index in [0.717, 1.165) is 49.8 Å². The molecule has 1 aromatic rings. The van der Waals surface area contributed by atoms with E-state index in [-0.39, 0.29) is 24.0 Å². The maximum absolute atomic E-state index is 4.51. The molecule has 0 radical (unpaired) electrons. The van der Waals surface area contributed by atoms with Crippen molar-refractivity contribution in [2.45, 2.75) is 46.6 Å². The minimum absolute atomic E-state index is 0. The van der Waals surface area contributed by atoms with Crippen LogP contribution in [0.5, 0.6) is 0 Å². The van der Waals surface area contributed by atoms with Crippen LogP contribution in [0.25, 0.3) is 0 Å². The van der Waals surface area contributed by atoms with Crippen molar-refractivity contribution in [3.05, 3.63) is 24.3 Å². The molecule has 0 aliphatic rings. The zero-order chi connectivity index (χ0) is 15.5.